The number of aromatic hydroxyl groups is 1. The zero-order valence-electron chi connectivity index (χ0n) is 12.7. The number of halogens is 1. The molecule has 3 aromatic rings. The first kappa shape index (κ1) is 17.4. The quantitative estimate of drug-likeness (QED) is 0.601. The summed E-state index contributed by atoms with van der Waals surface area (Å²) in [6, 6.07) is 12.9. The summed E-state index contributed by atoms with van der Waals surface area (Å²) in [5.41, 5.74) is 2.21. The summed E-state index contributed by atoms with van der Waals surface area (Å²) in [7, 11) is 0. The van der Waals surface area contributed by atoms with Crippen molar-refractivity contribution in [3.63, 3.8) is 0 Å². The highest BCUT2D eigenvalue weighted by Gasteiger charge is 2.08. The second kappa shape index (κ2) is 8.61. The molecule has 21 heavy (non-hydrogen) atoms. The lowest BCUT2D eigenvalue weighted by atomic mass is 10.3. The fourth-order valence-electron chi connectivity index (χ4n) is 1.62. The summed E-state index contributed by atoms with van der Waals surface area (Å²) >= 11 is 2.19. The van der Waals surface area contributed by atoms with Crippen LogP contribution in [0.3, 0.4) is 0 Å². The Hall–Kier alpha value is -1.63. The number of benzene rings is 2. The molecule has 4 nitrogen and oxygen atoms in total. The second-order valence-electron chi connectivity index (χ2n) is 3.61. The molecular formula is C16H20IN3O. The Morgan fingerprint density at radius 1 is 0.905 bits per heavy atom. The minimum Gasteiger partial charge on any atom is -0.506 e. The highest BCUT2D eigenvalue weighted by molar-refractivity contribution is 14.1. The molecule has 1 N–H and O–H groups in total. The first-order chi connectivity index (χ1) is 10.2. The minimum atomic E-state index is 0.172. The Bertz CT molecular complexity index is 662. The van der Waals surface area contributed by atoms with Gasteiger partial charge < -0.3 is 5.11 Å². The average molecular weight is 397 g/mol. The summed E-state index contributed by atoms with van der Waals surface area (Å²) in [6.07, 6.45) is 0. The molecule has 1 aromatic heterocycles. The van der Waals surface area contributed by atoms with Gasteiger partial charge in [-0.3, -0.25) is 0 Å². The van der Waals surface area contributed by atoms with Crippen LogP contribution in [0.25, 0.3) is 16.7 Å². The summed E-state index contributed by atoms with van der Waals surface area (Å²) in [4.78, 5) is 1.46. The fraction of sp³-hybridized carbons (Fsp3) is 0.250. The van der Waals surface area contributed by atoms with Crippen molar-refractivity contribution in [1.29, 1.82) is 0 Å². The molecule has 0 radical (unpaired) electrons. The number of phenols is 1. The fourth-order valence-corrected chi connectivity index (χ4v) is 2.10. The zero-order valence-corrected chi connectivity index (χ0v) is 14.9. The van der Waals surface area contributed by atoms with E-state index in [1.807, 2.05) is 64.1 Å². The molecule has 0 saturated heterocycles. The number of phenolic OH excluding ortho intramolecular Hbond substituents is 1. The lowest BCUT2D eigenvalue weighted by Crippen LogP contribution is -1.99. The van der Waals surface area contributed by atoms with Crippen molar-refractivity contribution < 1.29 is 5.11 Å². The van der Waals surface area contributed by atoms with Gasteiger partial charge in [0.1, 0.15) is 22.5 Å². The largest absolute Gasteiger partial charge is 0.506 e. The van der Waals surface area contributed by atoms with Crippen molar-refractivity contribution in [3.05, 3.63) is 46.0 Å². The molecule has 0 bridgehead atoms. The molecule has 1 heterocycles. The van der Waals surface area contributed by atoms with Gasteiger partial charge in [0.05, 0.1) is 0 Å². The molecule has 2 aromatic carbocycles. The van der Waals surface area contributed by atoms with Crippen LogP contribution in [-0.4, -0.2) is 20.1 Å². The molecular weight excluding hydrogens is 377 g/mol. The van der Waals surface area contributed by atoms with E-state index in [1.54, 1.807) is 6.07 Å². The molecule has 3 rings (SSSR count). The van der Waals surface area contributed by atoms with E-state index < -0.39 is 0 Å². The van der Waals surface area contributed by atoms with Crippen LogP contribution in [-0.2, 0) is 0 Å². The molecule has 0 aliphatic carbocycles. The van der Waals surface area contributed by atoms with Gasteiger partial charge in [-0.15, -0.1) is 15.0 Å². The maximum Gasteiger partial charge on any atom is 0.143 e. The lowest BCUT2D eigenvalue weighted by Gasteiger charge is -2.02. The SMILES string of the molecule is CC.CC.Oc1ccc(I)cc1-n1nc2ccccc2n1. The molecule has 112 valence electrons. The Kier molecular flexibility index (Phi) is 7.14. The number of hydrogen-bond acceptors (Lipinski definition) is 3. The van der Waals surface area contributed by atoms with Gasteiger partial charge in [-0.1, -0.05) is 39.8 Å². The topological polar surface area (TPSA) is 50.9 Å². The van der Waals surface area contributed by atoms with E-state index in [1.165, 1.54) is 4.80 Å². The van der Waals surface area contributed by atoms with Crippen molar-refractivity contribution in [2.45, 2.75) is 27.7 Å². The van der Waals surface area contributed by atoms with Gasteiger partial charge in [-0.2, -0.15) is 0 Å². The molecule has 0 spiro atoms. The zero-order chi connectivity index (χ0) is 15.8. The smallest absolute Gasteiger partial charge is 0.143 e. The van der Waals surface area contributed by atoms with Crippen LogP contribution in [0.4, 0.5) is 0 Å². The van der Waals surface area contributed by atoms with E-state index in [2.05, 4.69) is 32.8 Å². The number of nitrogens with zero attached hydrogens (tertiary/aromatic N) is 3. The van der Waals surface area contributed by atoms with E-state index in [0.29, 0.717) is 5.69 Å². The number of rotatable bonds is 1. The van der Waals surface area contributed by atoms with Crippen molar-refractivity contribution in [3.8, 4) is 11.4 Å². The number of aromatic nitrogens is 3. The number of hydrogen-bond donors (Lipinski definition) is 1. The van der Waals surface area contributed by atoms with Gasteiger partial charge in [0, 0.05) is 3.57 Å². The molecule has 0 atom stereocenters. The summed E-state index contributed by atoms with van der Waals surface area (Å²) in [5.74, 6) is 0.172. The van der Waals surface area contributed by atoms with Gasteiger partial charge in [0.15, 0.2) is 0 Å². The summed E-state index contributed by atoms with van der Waals surface area (Å²) < 4.78 is 1.02. The molecule has 0 amide bonds. The van der Waals surface area contributed by atoms with Gasteiger partial charge in [0.25, 0.3) is 0 Å². The molecule has 0 aliphatic rings. The number of fused-ring (bicyclic) bond motifs is 1. The summed E-state index contributed by atoms with van der Waals surface area (Å²) in [5, 5.41) is 18.5. The predicted octanol–water partition coefficient (Wildman–Crippen LogP) is 4.78. The van der Waals surface area contributed by atoms with Crippen LogP contribution in [0.2, 0.25) is 0 Å². The highest BCUT2D eigenvalue weighted by atomic mass is 127. The molecule has 0 aliphatic heterocycles. The highest BCUT2D eigenvalue weighted by Crippen LogP contribution is 2.23. The third-order valence-corrected chi connectivity index (χ3v) is 3.11. The molecule has 0 unspecified atom stereocenters. The molecule has 0 fully saturated rings. The van der Waals surface area contributed by atoms with E-state index in [-0.39, 0.29) is 5.75 Å². The first-order valence-corrected chi connectivity index (χ1v) is 8.13. The molecule has 5 heteroatoms. The van der Waals surface area contributed by atoms with Gasteiger partial charge in [-0.25, -0.2) is 0 Å². The Balaban J connectivity index is 0.000000510. The van der Waals surface area contributed by atoms with Crippen molar-refractivity contribution in [2.24, 2.45) is 0 Å². The van der Waals surface area contributed by atoms with Crippen LogP contribution < -0.4 is 0 Å². The normalized spacial score (nSPS) is 9.38. The van der Waals surface area contributed by atoms with Crippen LogP contribution in [0.15, 0.2) is 42.5 Å². The maximum atomic E-state index is 9.81. The van der Waals surface area contributed by atoms with Crippen molar-refractivity contribution in [2.75, 3.05) is 0 Å². The first-order valence-electron chi connectivity index (χ1n) is 7.05. The average Bonchev–Trinajstić information content (AvgIpc) is 2.97. The second-order valence-corrected chi connectivity index (χ2v) is 4.86. The third-order valence-electron chi connectivity index (χ3n) is 2.44. The Morgan fingerprint density at radius 3 is 1.95 bits per heavy atom. The van der Waals surface area contributed by atoms with Crippen LogP contribution in [0.1, 0.15) is 27.7 Å². The standard InChI is InChI=1S/C12H8IN3O.2C2H6/c13-8-5-6-12(17)11(7-8)16-14-9-3-1-2-4-10(9)15-16;2*1-2/h1-7,17H;2*1-2H3. The monoisotopic (exact) mass is 397 g/mol. The van der Waals surface area contributed by atoms with Gasteiger partial charge in [-0.05, 0) is 52.9 Å². The Labute approximate surface area is 138 Å². The van der Waals surface area contributed by atoms with Crippen LogP contribution in [0, 0.1) is 3.57 Å². The van der Waals surface area contributed by atoms with Crippen molar-refractivity contribution in [1.82, 2.24) is 15.0 Å². The van der Waals surface area contributed by atoms with Gasteiger partial charge >= 0.3 is 0 Å². The predicted molar refractivity (Wildman–Crippen MR) is 95.9 cm³/mol. The van der Waals surface area contributed by atoms with E-state index >= 15 is 0 Å². The third kappa shape index (κ3) is 4.17. The molecule has 0 saturated carbocycles. The van der Waals surface area contributed by atoms with Crippen LogP contribution >= 0.6 is 22.6 Å². The van der Waals surface area contributed by atoms with Gasteiger partial charge in [0.2, 0.25) is 0 Å². The van der Waals surface area contributed by atoms with E-state index in [0.717, 1.165) is 14.6 Å². The minimum absolute atomic E-state index is 0.172. The Morgan fingerprint density at radius 2 is 1.43 bits per heavy atom. The summed E-state index contributed by atoms with van der Waals surface area (Å²) in [6.45, 7) is 8.00. The lowest BCUT2D eigenvalue weighted by molar-refractivity contribution is 0.467. The van der Waals surface area contributed by atoms with Crippen LogP contribution in [0.5, 0.6) is 5.75 Å². The van der Waals surface area contributed by atoms with E-state index in [9.17, 15) is 5.11 Å². The maximum absolute atomic E-state index is 9.81. The van der Waals surface area contributed by atoms with Crippen molar-refractivity contribution >= 4 is 33.6 Å². The van der Waals surface area contributed by atoms with E-state index in [4.69, 9.17) is 0 Å².